The molecule has 0 spiro atoms. The molecule has 0 radical (unpaired) electrons. The van der Waals surface area contributed by atoms with Crippen molar-refractivity contribution in [2.75, 3.05) is 6.54 Å². The highest BCUT2D eigenvalue weighted by Gasteiger charge is 2.27. The van der Waals surface area contributed by atoms with Crippen molar-refractivity contribution in [2.45, 2.75) is 44.9 Å². The molecule has 2 unspecified atom stereocenters. The van der Waals surface area contributed by atoms with Crippen LogP contribution in [0.15, 0.2) is 30.3 Å². The summed E-state index contributed by atoms with van der Waals surface area (Å²) >= 11 is 0. The zero-order valence-corrected chi connectivity index (χ0v) is 10.5. The van der Waals surface area contributed by atoms with Gasteiger partial charge in [-0.05, 0) is 31.9 Å². The highest BCUT2D eigenvalue weighted by atomic mass is 16.6. The molecule has 1 aromatic rings. The van der Waals surface area contributed by atoms with Crippen LogP contribution in [0, 0.1) is 0 Å². The Hall–Kier alpha value is -0.900. The van der Waals surface area contributed by atoms with E-state index in [9.17, 15) is 0 Å². The third-order valence-electron chi connectivity index (χ3n) is 3.65. The molecule has 2 atom stereocenters. The van der Waals surface area contributed by atoms with E-state index in [4.69, 9.17) is 10.7 Å². The van der Waals surface area contributed by atoms with Crippen molar-refractivity contribution in [1.82, 2.24) is 4.90 Å². The van der Waals surface area contributed by atoms with Crippen LogP contribution in [0.1, 0.15) is 31.7 Å². The Labute approximate surface area is 104 Å². The summed E-state index contributed by atoms with van der Waals surface area (Å²) < 4.78 is 0. The average molecular weight is 234 g/mol. The first-order valence-electron chi connectivity index (χ1n) is 6.45. The van der Waals surface area contributed by atoms with Gasteiger partial charge < -0.3 is 0 Å². The Kier molecular flexibility index (Phi) is 4.54. The van der Waals surface area contributed by atoms with Crippen molar-refractivity contribution in [3.05, 3.63) is 35.9 Å². The van der Waals surface area contributed by atoms with E-state index >= 15 is 0 Å². The van der Waals surface area contributed by atoms with E-state index in [-0.39, 0.29) is 6.10 Å². The molecule has 3 heteroatoms. The molecule has 17 heavy (non-hydrogen) atoms. The maximum Gasteiger partial charge on any atom is 0.0914 e. The summed E-state index contributed by atoms with van der Waals surface area (Å²) in [5, 5.41) is 0. The van der Waals surface area contributed by atoms with Gasteiger partial charge >= 0.3 is 0 Å². The van der Waals surface area contributed by atoms with Gasteiger partial charge in [-0.3, -0.25) is 9.74 Å². The lowest BCUT2D eigenvalue weighted by molar-refractivity contribution is -0.0227. The largest absolute Gasteiger partial charge is 0.300 e. The maximum atomic E-state index is 5.33. The van der Waals surface area contributed by atoms with Gasteiger partial charge in [-0.1, -0.05) is 36.8 Å². The molecule has 94 valence electrons. The lowest BCUT2D eigenvalue weighted by Crippen LogP contribution is -2.46. The highest BCUT2D eigenvalue weighted by molar-refractivity contribution is 5.14. The summed E-state index contributed by atoms with van der Waals surface area (Å²) in [7, 11) is 0. The Morgan fingerprint density at radius 1 is 1.35 bits per heavy atom. The normalized spacial score (nSPS) is 23.5. The number of nitrogens with zero attached hydrogens (tertiary/aromatic N) is 1. The number of benzene rings is 1. The van der Waals surface area contributed by atoms with E-state index in [1.54, 1.807) is 0 Å². The van der Waals surface area contributed by atoms with Gasteiger partial charge in [0.2, 0.25) is 0 Å². The van der Waals surface area contributed by atoms with E-state index in [1.807, 2.05) is 0 Å². The third-order valence-corrected chi connectivity index (χ3v) is 3.65. The van der Waals surface area contributed by atoms with Crippen LogP contribution < -0.4 is 5.90 Å². The Balaban J connectivity index is 2.01. The van der Waals surface area contributed by atoms with Gasteiger partial charge in [0.15, 0.2) is 0 Å². The fourth-order valence-corrected chi connectivity index (χ4v) is 2.65. The second kappa shape index (κ2) is 6.15. The molecule has 1 saturated heterocycles. The zero-order valence-electron chi connectivity index (χ0n) is 10.5. The zero-order chi connectivity index (χ0) is 12.1. The molecule has 1 aliphatic rings. The number of piperidine rings is 1. The quantitative estimate of drug-likeness (QED) is 0.813. The van der Waals surface area contributed by atoms with Gasteiger partial charge in [-0.2, -0.15) is 0 Å². The first-order chi connectivity index (χ1) is 8.31. The molecule has 1 aliphatic heterocycles. The lowest BCUT2D eigenvalue weighted by Gasteiger charge is -2.38. The van der Waals surface area contributed by atoms with E-state index in [1.165, 1.54) is 24.8 Å². The number of rotatable bonds is 4. The minimum absolute atomic E-state index is 0.110. The minimum atomic E-state index is 0.110. The molecule has 3 nitrogen and oxygen atoms in total. The van der Waals surface area contributed by atoms with Gasteiger partial charge in [-0.15, -0.1) is 0 Å². The Morgan fingerprint density at radius 3 is 2.82 bits per heavy atom. The van der Waals surface area contributed by atoms with Crippen LogP contribution in [0.2, 0.25) is 0 Å². The van der Waals surface area contributed by atoms with Gasteiger partial charge in [0, 0.05) is 12.6 Å². The summed E-state index contributed by atoms with van der Waals surface area (Å²) in [5.74, 6) is 5.33. The third kappa shape index (κ3) is 3.28. The van der Waals surface area contributed by atoms with Crippen LogP contribution in [-0.2, 0) is 11.4 Å². The van der Waals surface area contributed by atoms with Gasteiger partial charge in [0.1, 0.15) is 0 Å². The van der Waals surface area contributed by atoms with Crippen LogP contribution >= 0.6 is 0 Å². The molecular formula is C14H22N2O. The topological polar surface area (TPSA) is 38.5 Å². The van der Waals surface area contributed by atoms with Crippen LogP contribution in [0.25, 0.3) is 0 Å². The van der Waals surface area contributed by atoms with Gasteiger partial charge in [0.05, 0.1) is 6.10 Å². The van der Waals surface area contributed by atoms with Crippen molar-refractivity contribution >= 4 is 0 Å². The molecule has 0 aliphatic carbocycles. The summed E-state index contributed by atoms with van der Waals surface area (Å²) in [6, 6.07) is 11.1. The van der Waals surface area contributed by atoms with Crippen molar-refractivity contribution < 1.29 is 4.84 Å². The molecule has 1 heterocycles. The molecule has 2 rings (SSSR count). The van der Waals surface area contributed by atoms with E-state index in [0.29, 0.717) is 6.04 Å². The average Bonchev–Trinajstić information content (AvgIpc) is 2.40. The molecule has 0 bridgehead atoms. The Bertz CT molecular complexity index is 328. The molecule has 0 saturated carbocycles. The standard InChI is InChI=1S/C14H22N2O/c1-12(17-15)14-9-5-6-10-16(14)11-13-7-3-2-4-8-13/h2-4,7-8,12,14H,5-6,9-11,15H2,1H3. The maximum absolute atomic E-state index is 5.33. The second-order valence-corrected chi connectivity index (χ2v) is 4.86. The van der Waals surface area contributed by atoms with Crippen molar-refractivity contribution in [3.8, 4) is 0 Å². The SMILES string of the molecule is CC(ON)C1CCCCN1Cc1ccccc1. The van der Waals surface area contributed by atoms with Crippen molar-refractivity contribution in [3.63, 3.8) is 0 Å². The summed E-state index contributed by atoms with van der Waals surface area (Å²) in [6.07, 6.45) is 3.86. The summed E-state index contributed by atoms with van der Waals surface area (Å²) in [6.45, 7) is 4.21. The summed E-state index contributed by atoms with van der Waals surface area (Å²) in [4.78, 5) is 7.51. The minimum Gasteiger partial charge on any atom is -0.300 e. The fourth-order valence-electron chi connectivity index (χ4n) is 2.65. The monoisotopic (exact) mass is 234 g/mol. The fraction of sp³-hybridized carbons (Fsp3) is 0.571. The highest BCUT2D eigenvalue weighted by Crippen LogP contribution is 2.22. The number of hydrogen-bond donors (Lipinski definition) is 1. The molecule has 1 aromatic carbocycles. The van der Waals surface area contributed by atoms with Crippen LogP contribution in [0.5, 0.6) is 0 Å². The second-order valence-electron chi connectivity index (χ2n) is 4.86. The number of nitrogens with two attached hydrogens (primary N) is 1. The van der Waals surface area contributed by atoms with Crippen LogP contribution in [0.4, 0.5) is 0 Å². The van der Waals surface area contributed by atoms with Crippen LogP contribution in [-0.4, -0.2) is 23.6 Å². The first-order valence-corrected chi connectivity index (χ1v) is 6.45. The van der Waals surface area contributed by atoms with Crippen molar-refractivity contribution in [1.29, 1.82) is 0 Å². The van der Waals surface area contributed by atoms with Gasteiger partial charge in [-0.25, -0.2) is 5.90 Å². The van der Waals surface area contributed by atoms with E-state index in [0.717, 1.165) is 13.1 Å². The molecular weight excluding hydrogens is 212 g/mol. The van der Waals surface area contributed by atoms with Crippen molar-refractivity contribution in [2.24, 2.45) is 5.90 Å². The molecule has 0 amide bonds. The summed E-state index contributed by atoms with van der Waals surface area (Å²) in [5.41, 5.74) is 1.36. The first kappa shape index (κ1) is 12.6. The number of likely N-dealkylation sites (tertiary alicyclic amines) is 1. The smallest absolute Gasteiger partial charge is 0.0914 e. The van der Waals surface area contributed by atoms with Crippen LogP contribution in [0.3, 0.4) is 0 Å². The van der Waals surface area contributed by atoms with E-state index < -0.39 is 0 Å². The molecule has 1 fully saturated rings. The number of hydrogen-bond acceptors (Lipinski definition) is 3. The van der Waals surface area contributed by atoms with Gasteiger partial charge in [0.25, 0.3) is 0 Å². The van der Waals surface area contributed by atoms with E-state index in [2.05, 4.69) is 42.2 Å². The lowest BCUT2D eigenvalue weighted by atomic mass is 9.97. The predicted molar refractivity (Wildman–Crippen MR) is 69.2 cm³/mol. The molecule has 2 N–H and O–H groups in total. The predicted octanol–water partition coefficient (Wildman–Crippen LogP) is 2.32. The Morgan fingerprint density at radius 2 is 2.12 bits per heavy atom. The molecule has 0 aromatic heterocycles.